The highest BCUT2D eigenvalue weighted by atomic mass is 32.2. The average Bonchev–Trinajstić information content (AvgIpc) is 2.81. The van der Waals surface area contributed by atoms with Gasteiger partial charge in [0.05, 0.1) is 13.2 Å². The van der Waals surface area contributed by atoms with Gasteiger partial charge in [-0.3, -0.25) is 14.8 Å². The van der Waals surface area contributed by atoms with E-state index in [2.05, 4.69) is 21.7 Å². The second-order valence-electron chi connectivity index (χ2n) is 9.50. The zero-order valence-corrected chi connectivity index (χ0v) is 22.0. The largest absolute Gasteiger partial charge is 0.487 e. The second kappa shape index (κ2) is 12.0. The number of pyridine rings is 1. The van der Waals surface area contributed by atoms with E-state index in [-0.39, 0.29) is 30.1 Å². The van der Waals surface area contributed by atoms with Crippen LogP contribution in [0.5, 0.6) is 5.75 Å². The molecule has 3 atom stereocenters. The van der Waals surface area contributed by atoms with Crippen molar-refractivity contribution in [1.29, 1.82) is 0 Å². The molecular formula is C26H36N4O4S. The first kappa shape index (κ1) is 27.1. The quantitative estimate of drug-likeness (QED) is 0.581. The van der Waals surface area contributed by atoms with Crippen molar-refractivity contribution in [2.75, 3.05) is 47.4 Å². The van der Waals surface area contributed by atoms with E-state index < -0.39 is 16.1 Å². The van der Waals surface area contributed by atoms with E-state index in [0.29, 0.717) is 30.9 Å². The van der Waals surface area contributed by atoms with E-state index in [1.165, 1.54) is 4.31 Å². The highest BCUT2D eigenvalue weighted by Gasteiger charge is 2.38. The lowest BCUT2D eigenvalue weighted by Crippen LogP contribution is -2.49. The Labute approximate surface area is 209 Å². The van der Waals surface area contributed by atoms with Crippen molar-refractivity contribution < 1.29 is 18.3 Å². The Morgan fingerprint density at radius 1 is 1.29 bits per heavy atom. The summed E-state index contributed by atoms with van der Waals surface area (Å²) in [6.45, 7) is 5.57. The molecule has 3 rings (SSSR count). The van der Waals surface area contributed by atoms with Gasteiger partial charge in [-0.1, -0.05) is 24.8 Å². The molecule has 0 amide bonds. The van der Waals surface area contributed by atoms with Crippen molar-refractivity contribution in [2.45, 2.75) is 37.4 Å². The summed E-state index contributed by atoms with van der Waals surface area (Å²) in [5, 5.41) is 9.80. The van der Waals surface area contributed by atoms with Crippen LogP contribution in [-0.4, -0.2) is 92.1 Å². The Bertz CT molecular complexity index is 1140. The van der Waals surface area contributed by atoms with Gasteiger partial charge in [-0.2, -0.15) is 4.31 Å². The Morgan fingerprint density at radius 2 is 2.06 bits per heavy atom. The van der Waals surface area contributed by atoms with Crippen LogP contribution in [0.15, 0.2) is 47.6 Å². The van der Waals surface area contributed by atoms with Gasteiger partial charge in [0.25, 0.3) is 0 Å². The molecular weight excluding hydrogens is 464 g/mol. The fourth-order valence-electron chi connectivity index (χ4n) is 4.00. The van der Waals surface area contributed by atoms with Gasteiger partial charge in [0.15, 0.2) is 0 Å². The Hall–Kier alpha value is -2.48. The predicted molar refractivity (Wildman–Crippen MR) is 136 cm³/mol. The van der Waals surface area contributed by atoms with Crippen LogP contribution < -0.4 is 4.74 Å². The lowest BCUT2D eigenvalue weighted by molar-refractivity contribution is 0.0733. The summed E-state index contributed by atoms with van der Waals surface area (Å²) >= 11 is 0. The predicted octanol–water partition coefficient (Wildman–Crippen LogP) is 1.90. The van der Waals surface area contributed by atoms with E-state index >= 15 is 0 Å². The van der Waals surface area contributed by atoms with E-state index in [1.807, 2.05) is 51.3 Å². The molecule has 1 aliphatic rings. The zero-order chi connectivity index (χ0) is 25.6. The van der Waals surface area contributed by atoms with Gasteiger partial charge in [0.1, 0.15) is 16.7 Å². The van der Waals surface area contributed by atoms with Gasteiger partial charge in [-0.25, -0.2) is 8.42 Å². The minimum Gasteiger partial charge on any atom is -0.487 e. The molecule has 2 heterocycles. The van der Waals surface area contributed by atoms with Gasteiger partial charge in [-0.15, -0.1) is 0 Å². The van der Waals surface area contributed by atoms with Crippen LogP contribution in [0.3, 0.4) is 0 Å². The van der Waals surface area contributed by atoms with Crippen LogP contribution >= 0.6 is 0 Å². The number of hydrogen-bond acceptors (Lipinski definition) is 7. The molecule has 0 bridgehead atoms. The first-order valence-electron chi connectivity index (χ1n) is 11.8. The summed E-state index contributed by atoms with van der Waals surface area (Å²) in [6.07, 6.45) is 3.31. The van der Waals surface area contributed by atoms with Gasteiger partial charge >= 0.3 is 0 Å². The van der Waals surface area contributed by atoms with Gasteiger partial charge in [0, 0.05) is 49.6 Å². The molecule has 0 saturated carbocycles. The number of rotatable bonds is 7. The summed E-state index contributed by atoms with van der Waals surface area (Å²) in [5.74, 6) is 6.36. The second-order valence-corrected chi connectivity index (χ2v) is 11.4. The number of aliphatic hydroxyl groups is 1. The SMILES string of the molecule is C[C@H](CO)N1C[C@H](C)[C@@H](CN(C)Cc2cccnc2)Oc2cc(C#CCN(C)C)ccc2S1(=O)=O. The smallest absolute Gasteiger partial charge is 0.247 e. The number of sulfonamides is 1. The maximum atomic E-state index is 13.6. The molecule has 1 N–H and O–H groups in total. The van der Waals surface area contributed by atoms with Gasteiger partial charge in [0.2, 0.25) is 10.0 Å². The average molecular weight is 501 g/mol. The van der Waals surface area contributed by atoms with Crippen molar-refractivity contribution in [3.05, 3.63) is 53.9 Å². The number of nitrogens with zero attached hydrogens (tertiary/aromatic N) is 4. The molecule has 35 heavy (non-hydrogen) atoms. The minimum absolute atomic E-state index is 0.0998. The summed E-state index contributed by atoms with van der Waals surface area (Å²) in [4.78, 5) is 8.40. The number of hydrogen-bond donors (Lipinski definition) is 1. The Morgan fingerprint density at radius 3 is 2.71 bits per heavy atom. The van der Waals surface area contributed by atoms with Crippen LogP contribution in [0.1, 0.15) is 25.0 Å². The molecule has 0 radical (unpaired) electrons. The number of aliphatic hydroxyl groups excluding tert-OH is 1. The molecule has 0 fully saturated rings. The number of likely N-dealkylation sites (N-methyl/N-ethyl adjacent to an activating group) is 1. The molecule has 1 aromatic heterocycles. The van der Waals surface area contributed by atoms with Crippen molar-refractivity contribution in [3.8, 4) is 17.6 Å². The number of aromatic nitrogens is 1. The lowest BCUT2D eigenvalue weighted by Gasteiger charge is -2.37. The molecule has 1 aromatic carbocycles. The number of ether oxygens (including phenoxy) is 1. The van der Waals surface area contributed by atoms with Crippen LogP contribution in [0, 0.1) is 17.8 Å². The van der Waals surface area contributed by atoms with Crippen molar-refractivity contribution in [1.82, 2.24) is 19.1 Å². The van der Waals surface area contributed by atoms with Gasteiger partial charge in [-0.05, 0) is 57.9 Å². The topological polar surface area (TPSA) is 86.2 Å². The zero-order valence-electron chi connectivity index (χ0n) is 21.2. The summed E-state index contributed by atoms with van der Waals surface area (Å²) in [6, 6.07) is 8.36. The molecule has 0 unspecified atom stereocenters. The standard InChI is InChI=1S/C26H36N4O4S/c1-20-16-30(21(2)19-31)35(32,33)26-11-10-22(9-7-13-28(3)4)14-24(26)34-25(20)18-29(5)17-23-8-6-12-27-15-23/h6,8,10-12,14-15,20-21,25,31H,13,16-19H2,1-5H3/t20-,21+,25+/m0/s1. The third-order valence-electron chi connectivity index (χ3n) is 5.96. The molecule has 0 aliphatic carbocycles. The molecule has 0 spiro atoms. The lowest BCUT2D eigenvalue weighted by atomic mass is 10.0. The van der Waals surface area contributed by atoms with E-state index in [0.717, 1.165) is 5.56 Å². The summed E-state index contributed by atoms with van der Waals surface area (Å²) < 4.78 is 35.0. The van der Waals surface area contributed by atoms with Crippen LogP contribution in [-0.2, 0) is 16.6 Å². The summed E-state index contributed by atoms with van der Waals surface area (Å²) in [5.41, 5.74) is 1.78. The normalized spacial score (nSPS) is 20.8. The van der Waals surface area contributed by atoms with Crippen molar-refractivity contribution in [2.24, 2.45) is 5.92 Å². The van der Waals surface area contributed by atoms with E-state index in [1.54, 1.807) is 31.3 Å². The molecule has 2 aromatic rings. The van der Waals surface area contributed by atoms with Crippen molar-refractivity contribution in [3.63, 3.8) is 0 Å². The summed E-state index contributed by atoms with van der Waals surface area (Å²) in [7, 11) is 2.02. The molecule has 0 saturated heterocycles. The fourth-order valence-corrected chi connectivity index (χ4v) is 5.82. The molecule has 8 nitrogen and oxygen atoms in total. The van der Waals surface area contributed by atoms with Crippen LogP contribution in [0.2, 0.25) is 0 Å². The molecule has 1 aliphatic heterocycles. The molecule has 190 valence electrons. The number of fused-ring (bicyclic) bond motifs is 1. The first-order valence-corrected chi connectivity index (χ1v) is 13.2. The van der Waals surface area contributed by atoms with Crippen molar-refractivity contribution >= 4 is 10.0 Å². The fraction of sp³-hybridized carbons (Fsp3) is 0.500. The van der Waals surface area contributed by atoms with E-state index in [4.69, 9.17) is 4.74 Å². The third-order valence-corrected chi connectivity index (χ3v) is 7.98. The first-order chi connectivity index (χ1) is 16.6. The maximum absolute atomic E-state index is 13.6. The van der Waals surface area contributed by atoms with E-state index in [9.17, 15) is 13.5 Å². The maximum Gasteiger partial charge on any atom is 0.247 e. The van der Waals surface area contributed by atoms with Crippen LogP contribution in [0.4, 0.5) is 0 Å². The minimum atomic E-state index is -3.87. The monoisotopic (exact) mass is 500 g/mol. The third kappa shape index (κ3) is 7.03. The highest BCUT2D eigenvalue weighted by Crippen LogP contribution is 2.34. The highest BCUT2D eigenvalue weighted by molar-refractivity contribution is 7.89. The van der Waals surface area contributed by atoms with Gasteiger partial charge < -0.3 is 9.84 Å². The number of benzene rings is 1. The Kier molecular flexibility index (Phi) is 9.27. The van der Waals surface area contributed by atoms with Crippen LogP contribution in [0.25, 0.3) is 0 Å². The Balaban J connectivity index is 1.97. The molecule has 9 heteroatoms.